The van der Waals surface area contributed by atoms with Crippen LogP contribution in [-0.2, 0) is 0 Å². The molecule has 1 amide bonds. The highest BCUT2D eigenvalue weighted by Crippen LogP contribution is 2.40. The van der Waals surface area contributed by atoms with Crippen LogP contribution in [0.4, 0.5) is 5.69 Å². The van der Waals surface area contributed by atoms with E-state index < -0.39 is 0 Å². The number of hydrogen-bond donors (Lipinski definition) is 1. The van der Waals surface area contributed by atoms with Gasteiger partial charge in [-0.05, 0) is 53.6 Å². The summed E-state index contributed by atoms with van der Waals surface area (Å²) in [5, 5.41) is 15.3. The molecule has 1 heterocycles. The quantitative estimate of drug-likeness (QED) is 0.628. The van der Waals surface area contributed by atoms with E-state index >= 15 is 0 Å². The Morgan fingerprint density at radius 2 is 1.86 bits per heavy atom. The minimum absolute atomic E-state index is 0.253. The SMILES string of the molecule is COc1ccc(NC(=O)c2cc(Cl)c(OC)c(Cl)c2)cc1-n1nnnc1C1CC1. The van der Waals surface area contributed by atoms with Crippen molar-refractivity contribution in [3.8, 4) is 17.2 Å². The van der Waals surface area contributed by atoms with Gasteiger partial charge in [0.05, 0.1) is 24.3 Å². The maximum Gasteiger partial charge on any atom is 0.255 e. The van der Waals surface area contributed by atoms with Crippen LogP contribution in [0, 0.1) is 0 Å². The third kappa shape index (κ3) is 3.86. The minimum Gasteiger partial charge on any atom is -0.494 e. The molecular weight excluding hydrogens is 417 g/mol. The number of hydrogen-bond acceptors (Lipinski definition) is 6. The Balaban J connectivity index is 1.64. The van der Waals surface area contributed by atoms with Crippen molar-refractivity contribution in [2.45, 2.75) is 18.8 Å². The van der Waals surface area contributed by atoms with Gasteiger partial charge in [0.2, 0.25) is 0 Å². The molecule has 1 fully saturated rings. The van der Waals surface area contributed by atoms with E-state index in [4.69, 9.17) is 32.7 Å². The number of halogens is 2. The van der Waals surface area contributed by atoms with Crippen molar-refractivity contribution in [2.24, 2.45) is 0 Å². The van der Waals surface area contributed by atoms with Crippen LogP contribution in [0.1, 0.15) is 34.9 Å². The number of methoxy groups -OCH3 is 2. The van der Waals surface area contributed by atoms with Crippen molar-refractivity contribution < 1.29 is 14.3 Å². The molecule has 1 saturated carbocycles. The topological polar surface area (TPSA) is 91.2 Å². The van der Waals surface area contributed by atoms with E-state index in [1.165, 1.54) is 19.2 Å². The fourth-order valence-corrected chi connectivity index (χ4v) is 3.63. The summed E-state index contributed by atoms with van der Waals surface area (Å²) in [5.41, 5.74) is 1.49. The molecule has 8 nitrogen and oxygen atoms in total. The Bertz CT molecular complexity index is 1060. The largest absolute Gasteiger partial charge is 0.494 e. The monoisotopic (exact) mass is 433 g/mol. The zero-order valence-corrected chi connectivity index (χ0v) is 17.2. The van der Waals surface area contributed by atoms with Crippen molar-refractivity contribution in [1.82, 2.24) is 20.2 Å². The van der Waals surface area contributed by atoms with Crippen LogP contribution in [0.25, 0.3) is 5.69 Å². The number of carbonyl (C=O) groups is 1. The average molecular weight is 434 g/mol. The number of carbonyl (C=O) groups excluding carboxylic acids is 1. The van der Waals surface area contributed by atoms with Gasteiger partial charge in [0.25, 0.3) is 5.91 Å². The number of ether oxygens (including phenoxy) is 2. The van der Waals surface area contributed by atoms with Crippen LogP contribution in [0.15, 0.2) is 30.3 Å². The molecular formula is C19H17Cl2N5O3. The fourth-order valence-electron chi connectivity index (χ4n) is 2.98. The van der Waals surface area contributed by atoms with Gasteiger partial charge < -0.3 is 14.8 Å². The molecule has 0 atom stereocenters. The number of aromatic nitrogens is 4. The van der Waals surface area contributed by atoms with Crippen LogP contribution in [-0.4, -0.2) is 40.3 Å². The van der Waals surface area contributed by atoms with E-state index in [0.717, 1.165) is 18.7 Å². The Morgan fingerprint density at radius 1 is 1.14 bits per heavy atom. The molecule has 1 aliphatic rings. The summed E-state index contributed by atoms with van der Waals surface area (Å²) in [7, 11) is 3.03. The van der Waals surface area contributed by atoms with Gasteiger partial charge in [0.1, 0.15) is 11.4 Å². The summed E-state index contributed by atoms with van der Waals surface area (Å²) in [5.74, 6) is 1.67. The minimum atomic E-state index is -0.369. The molecule has 3 aromatic rings. The van der Waals surface area contributed by atoms with E-state index in [1.807, 2.05) is 0 Å². The Kier molecular flexibility index (Phi) is 5.29. The molecule has 2 aromatic carbocycles. The van der Waals surface area contributed by atoms with Gasteiger partial charge in [-0.1, -0.05) is 23.2 Å². The Labute approximate surface area is 176 Å². The molecule has 150 valence electrons. The first-order chi connectivity index (χ1) is 14.0. The second-order valence-corrected chi connectivity index (χ2v) is 7.35. The van der Waals surface area contributed by atoms with Crippen LogP contribution in [0.2, 0.25) is 10.0 Å². The highest BCUT2D eigenvalue weighted by molar-refractivity contribution is 6.37. The van der Waals surface area contributed by atoms with Crippen molar-refractivity contribution in [2.75, 3.05) is 19.5 Å². The van der Waals surface area contributed by atoms with Crippen LogP contribution in [0.5, 0.6) is 11.5 Å². The zero-order valence-electron chi connectivity index (χ0n) is 15.6. The highest BCUT2D eigenvalue weighted by atomic mass is 35.5. The number of tetrazole rings is 1. The lowest BCUT2D eigenvalue weighted by Crippen LogP contribution is -2.13. The smallest absolute Gasteiger partial charge is 0.255 e. The first kappa shape index (κ1) is 19.5. The molecule has 0 saturated heterocycles. The van der Waals surface area contributed by atoms with Gasteiger partial charge in [0.15, 0.2) is 11.6 Å². The number of nitrogens with one attached hydrogen (secondary N) is 1. The Hall–Kier alpha value is -2.84. The second kappa shape index (κ2) is 7.88. The summed E-state index contributed by atoms with van der Waals surface area (Å²) in [6.45, 7) is 0. The lowest BCUT2D eigenvalue weighted by Gasteiger charge is -2.13. The normalized spacial score (nSPS) is 13.2. The van der Waals surface area contributed by atoms with Gasteiger partial charge in [0, 0.05) is 17.2 Å². The Morgan fingerprint density at radius 3 is 2.48 bits per heavy atom. The van der Waals surface area contributed by atoms with E-state index in [1.54, 1.807) is 30.0 Å². The fraction of sp³-hybridized carbons (Fsp3) is 0.263. The number of nitrogens with zero attached hydrogens (tertiary/aromatic N) is 4. The van der Waals surface area contributed by atoms with Gasteiger partial charge >= 0.3 is 0 Å². The van der Waals surface area contributed by atoms with Gasteiger partial charge in [-0.2, -0.15) is 4.68 Å². The predicted octanol–water partition coefficient (Wildman–Crippen LogP) is 4.12. The molecule has 0 aliphatic heterocycles. The number of anilines is 1. The summed E-state index contributed by atoms with van der Waals surface area (Å²) in [4.78, 5) is 12.7. The summed E-state index contributed by atoms with van der Waals surface area (Å²) in [6.07, 6.45) is 2.11. The van der Waals surface area contributed by atoms with Crippen LogP contribution in [0.3, 0.4) is 0 Å². The molecule has 1 N–H and O–H groups in total. The van der Waals surface area contributed by atoms with Gasteiger partial charge in [-0.15, -0.1) is 5.10 Å². The first-order valence-electron chi connectivity index (χ1n) is 8.83. The molecule has 0 unspecified atom stereocenters. The maximum absolute atomic E-state index is 12.7. The van der Waals surface area contributed by atoms with E-state index in [9.17, 15) is 4.79 Å². The molecule has 29 heavy (non-hydrogen) atoms. The molecule has 4 rings (SSSR count). The standard InChI is InChI=1S/C19H17Cl2N5O3/c1-28-16-6-5-12(9-15(16)26-18(10-3-4-10)23-24-25-26)22-19(27)11-7-13(20)17(29-2)14(21)8-11/h5-10H,3-4H2,1-2H3,(H,22,27). The maximum atomic E-state index is 12.7. The molecule has 0 bridgehead atoms. The van der Waals surface area contributed by atoms with Crippen molar-refractivity contribution in [3.63, 3.8) is 0 Å². The van der Waals surface area contributed by atoms with Crippen molar-refractivity contribution >= 4 is 34.8 Å². The van der Waals surface area contributed by atoms with Crippen molar-refractivity contribution in [1.29, 1.82) is 0 Å². The molecule has 0 spiro atoms. The third-order valence-corrected chi connectivity index (χ3v) is 5.13. The molecule has 1 aliphatic carbocycles. The molecule has 10 heteroatoms. The predicted molar refractivity (Wildman–Crippen MR) is 109 cm³/mol. The summed E-state index contributed by atoms with van der Waals surface area (Å²) >= 11 is 12.3. The van der Waals surface area contributed by atoms with Crippen molar-refractivity contribution in [3.05, 3.63) is 51.8 Å². The average Bonchev–Trinajstić information content (AvgIpc) is 3.44. The zero-order chi connectivity index (χ0) is 20.5. The summed E-state index contributed by atoms with van der Waals surface area (Å²) in [6, 6.07) is 8.23. The van der Waals surface area contributed by atoms with Crippen LogP contribution >= 0.6 is 23.2 Å². The van der Waals surface area contributed by atoms with Gasteiger partial charge in [-0.25, -0.2) is 0 Å². The molecule has 0 radical (unpaired) electrons. The first-order valence-corrected chi connectivity index (χ1v) is 9.58. The molecule has 1 aromatic heterocycles. The summed E-state index contributed by atoms with van der Waals surface area (Å²) < 4.78 is 12.2. The lowest BCUT2D eigenvalue weighted by molar-refractivity contribution is 0.102. The highest BCUT2D eigenvalue weighted by Gasteiger charge is 2.30. The van der Waals surface area contributed by atoms with E-state index in [0.29, 0.717) is 34.4 Å². The number of rotatable bonds is 6. The second-order valence-electron chi connectivity index (χ2n) is 6.54. The van der Waals surface area contributed by atoms with E-state index in [2.05, 4.69) is 20.8 Å². The lowest BCUT2D eigenvalue weighted by atomic mass is 10.2. The van der Waals surface area contributed by atoms with Gasteiger partial charge in [-0.3, -0.25) is 4.79 Å². The number of amides is 1. The van der Waals surface area contributed by atoms with Crippen LogP contribution < -0.4 is 14.8 Å². The number of benzene rings is 2. The third-order valence-electron chi connectivity index (χ3n) is 4.57. The van der Waals surface area contributed by atoms with E-state index in [-0.39, 0.29) is 16.0 Å².